The number of carbonyl (C=O) groups excluding carboxylic acids is 1. The van der Waals surface area contributed by atoms with Gasteiger partial charge >= 0.3 is 0 Å². The number of likely N-dealkylation sites (N-methyl/N-ethyl adjacent to an activating group) is 1. The topological polar surface area (TPSA) is 82.9 Å². The minimum absolute atomic E-state index is 0.102. The van der Waals surface area contributed by atoms with Crippen molar-refractivity contribution in [3.8, 4) is 0 Å². The van der Waals surface area contributed by atoms with Crippen LogP contribution >= 0.6 is 0 Å². The molecular formula is C12H16N4O. The van der Waals surface area contributed by atoms with E-state index in [0.29, 0.717) is 17.9 Å². The third-order valence-corrected chi connectivity index (χ3v) is 2.55. The molecule has 2 aromatic rings. The van der Waals surface area contributed by atoms with Crippen molar-refractivity contribution in [1.29, 1.82) is 0 Å². The van der Waals surface area contributed by atoms with Gasteiger partial charge in [-0.1, -0.05) is 6.07 Å². The summed E-state index contributed by atoms with van der Waals surface area (Å²) < 4.78 is 0. The summed E-state index contributed by atoms with van der Waals surface area (Å²) in [5, 5.41) is 6.76. The number of fused-ring (bicyclic) bond motifs is 1. The zero-order chi connectivity index (χ0) is 12.3. The van der Waals surface area contributed by atoms with Crippen molar-refractivity contribution in [3.63, 3.8) is 0 Å². The molecule has 5 N–H and O–H groups in total. The number of nitrogens with one attached hydrogen (secondary N) is 3. The Bertz CT molecular complexity index is 532. The zero-order valence-corrected chi connectivity index (χ0v) is 9.71. The molecule has 0 atom stereocenters. The van der Waals surface area contributed by atoms with Gasteiger partial charge in [0.25, 0.3) is 5.91 Å². The zero-order valence-electron chi connectivity index (χ0n) is 9.71. The average molecular weight is 232 g/mol. The van der Waals surface area contributed by atoms with E-state index in [2.05, 4.69) is 15.6 Å². The Morgan fingerprint density at radius 3 is 2.94 bits per heavy atom. The van der Waals surface area contributed by atoms with E-state index >= 15 is 0 Å². The van der Waals surface area contributed by atoms with Gasteiger partial charge < -0.3 is 21.4 Å². The van der Waals surface area contributed by atoms with Gasteiger partial charge in [0.1, 0.15) is 5.69 Å². The van der Waals surface area contributed by atoms with Gasteiger partial charge in [-0.25, -0.2) is 0 Å². The number of H-pyrrole nitrogens is 1. The highest BCUT2D eigenvalue weighted by Crippen LogP contribution is 2.17. The fourth-order valence-electron chi connectivity index (χ4n) is 1.66. The van der Waals surface area contributed by atoms with Gasteiger partial charge in [-0.15, -0.1) is 0 Å². The fraction of sp³-hybridized carbons (Fsp3) is 0.250. The number of hydrogen-bond acceptors (Lipinski definition) is 3. The molecule has 5 heteroatoms. The molecule has 0 bridgehead atoms. The third kappa shape index (κ3) is 2.57. The Morgan fingerprint density at radius 1 is 1.35 bits per heavy atom. The molecule has 0 aliphatic rings. The van der Waals surface area contributed by atoms with E-state index in [0.717, 1.165) is 17.4 Å². The highest BCUT2D eigenvalue weighted by molar-refractivity contribution is 5.98. The number of anilines is 1. The first-order valence-electron chi connectivity index (χ1n) is 5.52. The molecule has 1 heterocycles. The summed E-state index contributed by atoms with van der Waals surface area (Å²) in [5.41, 5.74) is 7.80. The van der Waals surface area contributed by atoms with E-state index in [1.54, 1.807) is 0 Å². The predicted octanol–water partition coefficient (Wildman–Crippen LogP) is 0.699. The highest BCUT2D eigenvalue weighted by atomic mass is 16.1. The molecule has 1 aromatic heterocycles. The molecule has 1 amide bonds. The molecule has 0 aliphatic carbocycles. The van der Waals surface area contributed by atoms with Gasteiger partial charge in [0.05, 0.1) is 0 Å². The van der Waals surface area contributed by atoms with Gasteiger partial charge in [0.15, 0.2) is 0 Å². The van der Waals surface area contributed by atoms with Crippen LogP contribution in [0, 0.1) is 0 Å². The first-order chi connectivity index (χ1) is 8.20. The lowest BCUT2D eigenvalue weighted by Crippen LogP contribution is -2.30. The maximum Gasteiger partial charge on any atom is 0.267 e. The van der Waals surface area contributed by atoms with Crippen molar-refractivity contribution in [2.75, 3.05) is 25.9 Å². The van der Waals surface area contributed by atoms with Gasteiger partial charge in [0, 0.05) is 29.7 Å². The number of carbonyl (C=O) groups is 1. The van der Waals surface area contributed by atoms with Crippen LogP contribution in [-0.4, -0.2) is 31.0 Å². The highest BCUT2D eigenvalue weighted by Gasteiger charge is 2.08. The van der Waals surface area contributed by atoms with E-state index in [1.165, 1.54) is 0 Å². The molecule has 0 saturated heterocycles. The first-order valence-corrected chi connectivity index (χ1v) is 5.52. The molecule has 0 unspecified atom stereocenters. The van der Waals surface area contributed by atoms with E-state index in [4.69, 9.17) is 5.73 Å². The second kappa shape index (κ2) is 4.88. The molecule has 1 aromatic carbocycles. The Hall–Kier alpha value is -2.01. The molecule has 2 rings (SSSR count). The second-order valence-electron chi connectivity index (χ2n) is 3.89. The van der Waals surface area contributed by atoms with Crippen LogP contribution in [0.25, 0.3) is 10.9 Å². The summed E-state index contributed by atoms with van der Waals surface area (Å²) in [6, 6.07) is 7.35. The summed E-state index contributed by atoms with van der Waals surface area (Å²) in [4.78, 5) is 14.8. The lowest BCUT2D eigenvalue weighted by Gasteiger charge is -2.01. The molecule has 0 saturated carbocycles. The van der Waals surface area contributed by atoms with Crippen LogP contribution in [-0.2, 0) is 0 Å². The maximum absolute atomic E-state index is 11.8. The average Bonchev–Trinajstić information content (AvgIpc) is 2.72. The number of aromatic nitrogens is 1. The van der Waals surface area contributed by atoms with Gasteiger partial charge in [-0.05, 0) is 25.2 Å². The molecule has 90 valence electrons. The quantitative estimate of drug-likeness (QED) is 0.462. The lowest BCUT2D eigenvalue weighted by atomic mass is 10.2. The first kappa shape index (κ1) is 11.5. The van der Waals surface area contributed by atoms with E-state index in [-0.39, 0.29) is 5.91 Å². The molecule has 5 nitrogen and oxygen atoms in total. The lowest BCUT2D eigenvalue weighted by molar-refractivity contribution is 0.0950. The van der Waals surface area contributed by atoms with E-state index < -0.39 is 0 Å². The Kier molecular flexibility index (Phi) is 3.30. The summed E-state index contributed by atoms with van der Waals surface area (Å²) in [7, 11) is 1.85. The third-order valence-electron chi connectivity index (χ3n) is 2.55. The van der Waals surface area contributed by atoms with E-state index in [9.17, 15) is 4.79 Å². The molecule has 0 fully saturated rings. The monoisotopic (exact) mass is 232 g/mol. The minimum atomic E-state index is -0.102. The fourth-order valence-corrected chi connectivity index (χ4v) is 1.66. The van der Waals surface area contributed by atoms with Crippen LogP contribution in [0.15, 0.2) is 24.3 Å². The summed E-state index contributed by atoms with van der Waals surface area (Å²) >= 11 is 0. The number of aromatic amines is 1. The second-order valence-corrected chi connectivity index (χ2v) is 3.89. The van der Waals surface area contributed by atoms with Gasteiger partial charge in [0.2, 0.25) is 0 Å². The van der Waals surface area contributed by atoms with Crippen molar-refractivity contribution < 1.29 is 4.79 Å². The number of hydrogen-bond donors (Lipinski definition) is 4. The Balaban J connectivity index is 2.15. The number of nitrogen functional groups attached to an aromatic ring is 1. The van der Waals surface area contributed by atoms with Crippen LogP contribution in [0.5, 0.6) is 0 Å². The van der Waals surface area contributed by atoms with Crippen LogP contribution in [0.3, 0.4) is 0 Å². The van der Waals surface area contributed by atoms with Gasteiger partial charge in [-0.3, -0.25) is 4.79 Å². The largest absolute Gasteiger partial charge is 0.399 e. The Labute approximate surface area is 99.4 Å². The summed E-state index contributed by atoms with van der Waals surface area (Å²) in [6.45, 7) is 1.35. The molecule has 0 spiro atoms. The summed E-state index contributed by atoms with van der Waals surface area (Å²) in [6.07, 6.45) is 0. The summed E-state index contributed by atoms with van der Waals surface area (Å²) in [5.74, 6) is -0.102. The van der Waals surface area contributed by atoms with Crippen molar-refractivity contribution >= 4 is 22.5 Å². The van der Waals surface area contributed by atoms with Crippen molar-refractivity contribution in [3.05, 3.63) is 30.0 Å². The number of benzene rings is 1. The molecular weight excluding hydrogens is 216 g/mol. The predicted molar refractivity (Wildman–Crippen MR) is 69.0 cm³/mol. The van der Waals surface area contributed by atoms with Gasteiger partial charge in [-0.2, -0.15) is 0 Å². The smallest absolute Gasteiger partial charge is 0.267 e. The van der Waals surface area contributed by atoms with Crippen molar-refractivity contribution in [2.24, 2.45) is 0 Å². The SMILES string of the molecule is CNCCNC(=O)c1cc2ccc(N)cc2[nH]1. The van der Waals surface area contributed by atoms with Crippen molar-refractivity contribution in [1.82, 2.24) is 15.6 Å². The van der Waals surface area contributed by atoms with Crippen LogP contribution in [0.2, 0.25) is 0 Å². The number of rotatable bonds is 4. The van der Waals surface area contributed by atoms with Crippen LogP contribution in [0.4, 0.5) is 5.69 Å². The van der Waals surface area contributed by atoms with Crippen LogP contribution < -0.4 is 16.4 Å². The Morgan fingerprint density at radius 2 is 2.18 bits per heavy atom. The molecule has 0 aliphatic heterocycles. The minimum Gasteiger partial charge on any atom is -0.399 e. The molecule has 0 radical (unpaired) electrons. The molecule has 17 heavy (non-hydrogen) atoms. The van der Waals surface area contributed by atoms with E-state index in [1.807, 2.05) is 31.3 Å². The van der Waals surface area contributed by atoms with Crippen LogP contribution in [0.1, 0.15) is 10.5 Å². The maximum atomic E-state index is 11.8. The number of nitrogens with two attached hydrogens (primary N) is 1. The normalized spacial score (nSPS) is 10.6. The standard InChI is InChI=1S/C12H16N4O/c1-14-4-5-15-12(17)11-6-8-2-3-9(13)7-10(8)16-11/h2-3,6-7,14,16H,4-5,13H2,1H3,(H,15,17). The number of amides is 1. The van der Waals surface area contributed by atoms with Crippen molar-refractivity contribution in [2.45, 2.75) is 0 Å².